The summed E-state index contributed by atoms with van der Waals surface area (Å²) in [5.74, 6) is 1.09. The molecule has 0 N–H and O–H groups in total. The van der Waals surface area contributed by atoms with Gasteiger partial charge in [-0.25, -0.2) is 0 Å². The number of unbranched alkanes of at least 4 members (excludes halogenated alkanes) is 11. The fourth-order valence-electron chi connectivity index (χ4n) is 3.11. The standard InChI is InChI=1S/C20H38O2/c1-2-22-20(21)16-14-12-10-8-6-4-3-5-7-9-11-13-15-19-17-18-19/h19H,2-18H2,1H3. The van der Waals surface area contributed by atoms with Gasteiger partial charge in [-0.15, -0.1) is 0 Å². The molecule has 1 fully saturated rings. The van der Waals surface area contributed by atoms with Crippen LogP contribution in [0.1, 0.15) is 110 Å². The minimum atomic E-state index is -0.0281. The molecule has 0 bridgehead atoms. The zero-order valence-corrected chi connectivity index (χ0v) is 14.9. The van der Waals surface area contributed by atoms with Crippen LogP contribution in [0.5, 0.6) is 0 Å². The van der Waals surface area contributed by atoms with Gasteiger partial charge in [-0.3, -0.25) is 4.79 Å². The monoisotopic (exact) mass is 310 g/mol. The molecule has 0 atom stereocenters. The molecule has 1 aliphatic rings. The van der Waals surface area contributed by atoms with E-state index in [1.54, 1.807) is 0 Å². The van der Waals surface area contributed by atoms with Crippen LogP contribution in [0.3, 0.4) is 0 Å². The molecule has 2 heteroatoms. The maximum absolute atomic E-state index is 11.2. The SMILES string of the molecule is CCOC(=O)CCCCCCCCCCCCCCC1CC1. The Morgan fingerprint density at radius 3 is 1.68 bits per heavy atom. The van der Waals surface area contributed by atoms with Crippen molar-refractivity contribution in [1.82, 2.24) is 0 Å². The molecule has 22 heavy (non-hydrogen) atoms. The molecular formula is C20H38O2. The second kappa shape index (κ2) is 14.1. The summed E-state index contributed by atoms with van der Waals surface area (Å²) >= 11 is 0. The molecule has 0 aliphatic heterocycles. The zero-order chi connectivity index (χ0) is 15.9. The minimum absolute atomic E-state index is 0.0281. The molecular weight excluding hydrogens is 272 g/mol. The maximum Gasteiger partial charge on any atom is 0.305 e. The smallest absolute Gasteiger partial charge is 0.305 e. The third kappa shape index (κ3) is 13.2. The average Bonchev–Trinajstić information content (AvgIpc) is 3.32. The highest BCUT2D eigenvalue weighted by atomic mass is 16.5. The van der Waals surface area contributed by atoms with Gasteiger partial charge in [0.05, 0.1) is 6.61 Å². The molecule has 0 amide bonds. The lowest BCUT2D eigenvalue weighted by Gasteiger charge is -2.03. The summed E-state index contributed by atoms with van der Waals surface area (Å²) in [6.45, 7) is 2.38. The first-order chi connectivity index (χ1) is 10.8. The highest BCUT2D eigenvalue weighted by Gasteiger charge is 2.19. The summed E-state index contributed by atoms with van der Waals surface area (Å²) in [7, 11) is 0. The van der Waals surface area contributed by atoms with Crippen LogP contribution < -0.4 is 0 Å². The number of hydrogen-bond donors (Lipinski definition) is 0. The third-order valence-electron chi connectivity index (χ3n) is 4.75. The summed E-state index contributed by atoms with van der Waals surface area (Å²) in [6, 6.07) is 0. The zero-order valence-electron chi connectivity index (χ0n) is 14.9. The summed E-state index contributed by atoms with van der Waals surface area (Å²) in [5, 5.41) is 0. The second-order valence-electron chi connectivity index (χ2n) is 7.03. The van der Waals surface area contributed by atoms with Gasteiger partial charge >= 0.3 is 5.97 Å². The fourth-order valence-corrected chi connectivity index (χ4v) is 3.11. The van der Waals surface area contributed by atoms with Crippen LogP contribution in [0.25, 0.3) is 0 Å². The van der Waals surface area contributed by atoms with Crippen molar-refractivity contribution in [2.24, 2.45) is 5.92 Å². The first kappa shape index (κ1) is 19.5. The van der Waals surface area contributed by atoms with Crippen molar-refractivity contribution < 1.29 is 9.53 Å². The van der Waals surface area contributed by atoms with Crippen LogP contribution in [-0.4, -0.2) is 12.6 Å². The molecule has 0 aromatic heterocycles. The molecule has 0 heterocycles. The number of hydrogen-bond acceptors (Lipinski definition) is 2. The van der Waals surface area contributed by atoms with E-state index < -0.39 is 0 Å². The Hall–Kier alpha value is -0.530. The normalized spacial score (nSPS) is 14.2. The van der Waals surface area contributed by atoms with Gasteiger partial charge in [0.15, 0.2) is 0 Å². The van der Waals surface area contributed by atoms with E-state index in [9.17, 15) is 4.79 Å². The number of esters is 1. The van der Waals surface area contributed by atoms with Gasteiger partial charge < -0.3 is 4.74 Å². The average molecular weight is 311 g/mol. The van der Waals surface area contributed by atoms with Gasteiger partial charge in [0.1, 0.15) is 0 Å². The molecule has 0 spiro atoms. The molecule has 0 unspecified atom stereocenters. The van der Waals surface area contributed by atoms with Gasteiger partial charge in [-0.05, 0) is 19.3 Å². The van der Waals surface area contributed by atoms with Crippen LogP contribution in [0.15, 0.2) is 0 Å². The molecule has 1 rings (SSSR count). The highest BCUT2D eigenvalue weighted by molar-refractivity contribution is 5.69. The number of carbonyl (C=O) groups excluding carboxylic acids is 1. The van der Waals surface area contributed by atoms with E-state index in [0.29, 0.717) is 13.0 Å². The van der Waals surface area contributed by atoms with Gasteiger partial charge in [0, 0.05) is 6.42 Å². The van der Waals surface area contributed by atoms with E-state index in [0.717, 1.165) is 12.3 Å². The van der Waals surface area contributed by atoms with Crippen molar-refractivity contribution in [3.05, 3.63) is 0 Å². The molecule has 0 radical (unpaired) electrons. The van der Waals surface area contributed by atoms with E-state index >= 15 is 0 Å². The van der Waals surface area contributed by atoms with Crippen LogP contribution in [0.2, 0.25) is 0 Å². The van der Waals surface area contributed by atoms with Crippen molar-refractivity contribution in [1.29, 1.82) is 0 Å². The summed E-state index contributed by atoms with van der Waals surface area (Å²) in [5.41, 5.74) is 0. The Bertz CT molecular complexity index is 258. The molecule has 0 aromatic rings. The number of carbonyl (C=O) groups is 1. The van der Waals surface area contributed by atoms with Crippen molar-refractivity contribution >= 4 is 5.97 Å². The van der Waals surface area contributed by atoms with Gasteiger partial charge in [0.2, 0.25) is 0 Å². The van der Waals surface area contributed by atoms with Gasteiger partial charge in [-0.1, -0.05) is 89.9 Å². The highest BCUT2D eigenvalue weighted by Crippen LogP contribution is 2.34. The fraction of sp³-hybridized carbons (Fsp3) is 0.950. The maximum atomic E-state index is 11.2. The topological polar surface area (TPSA) is 26.3 Å². The van der Waals surface area contributed by atoms with Crippen molar-refractivity contribution in [3.63, 3.8) is 0 Å². The molecule has 130 valence electrons. The predicted octanol–water partition coefficient (Wildman–Crippen LogP) is 6.42. The summed E-state index contributed by atoms with van der Waals surface area (Å²) in [6.07, 6.45) is 21.4. The third-order valence-corrected chi connectivity index (χ3v) is 4.75. The van der Waals surface area contributed by atoms with E-state index in [1.165, 1.54) is 89.9 Å². The second-order valence-corrected chi connectivity index (χ2v) is 7.03. The van der Waals surface area contributed by atoms with Gasteiger partial charge in [0.25, 0.3) is 0 Å². The molecule has 0 aromatic carbocycles. The van der Waals surface area contributed by atoms with Gasteiger partial charge in [-0.2, -0.15) is 0 Å². The van der Waals surface area contributed by atoms with Crippen LogP contribution in [0, 0.1) is 5.92 Å². The Morgan fingerprint density at radius 2 is 1.23 bits per heavy atom. The first-order valence-electron chi connectivity index (χ1n) is 9.98. The van der Waals surface area contributed by atoms with E-state index in [-0.39, 0.29) is 5.97 Å². The van der Waals surface area contributed by atoms with E-state index in [1.807, 2.05) is 6.92 Å². The summed E-state index contributed by atoms with van der Waals surface area (Å²) in [4.78, 5) is 11.2. The molecule has 2 nitrogen and oxygen atoms in total. The minimum Gasteiger partial charge on any atom is -0.466 e. The van der Waals surface area contributed by atoms with Crippen LogP contribution >= 0.6 is 0 Å². The van der Waals surface area contributed by atoms with E-state index in [2.05, 4.69) is 0 Å². The Labute approximate surface area is 138 Å². The molecule has 1 saturated carbocycles. The van der Waals surface area contributed by atoms with E-state index in [4.69, 9.17) is 4.74 Å². The molecule has 0 saturated heterocycles. The summed E-state index contributed by atoms with van der Waals surface area (Å²) < 4.78 is 4.92. The lowest BCUT2D eigenvalue weighted by atomic mass is 10.0. The van der Waals surface area contributed by atoms with Crippen LogP contribution in [0.4, 0.5) is 0 Å². The van der Waals surface area contributed by atoms with Crippen molar-refractivity contribution in [2.75, 3.05) is 6.61 Å². The largest absolute Gasteiger partial charge is 0.466 e. The predicted molar refractivity (Wildman–Crippen MR) is 94.0 cm³/mol. The Balaban J connectivity index is 1.65. The number of ether oxygens (including phenoxy) is 1. The first-order valence-corrected chi connectivity index (χ1v) is 9.98. The molecule has 1 aliphatic carbocycles. The lowest BCUT2D eigenvalue weighted by Crippen LogP contribution is -2.03. The lowest BCUT2D eigenvalue weighted by molar-refractivity contribution is -0.143. The van der Waals surface area contributed by atoms with Crippen molar-refractivity contribution in [2.45, 2.75) is 110 Å². The van der Waals surface area contributed by atoms with Crippen molar-refractivity contribution in [3.8, 4) is 0 Å². The quantitative estimate of drug-likeness (QED) is 0.243. The number of rotatable bonds is 16. The Kier molecular flexibility index (Phi) is 12.5. The Morgan fingerprint density at radius 1 is 0.773 bits per heavy atom. The van der Waals surface area contributed by atoms with Crippen LogP contribution in [-0.2, 0) is 9.53 Å².